The molecule has 6 heteroatoms. The molecule has 0 saturated carbocycles. The Balaban J connectivity index is 1.16. The van der Waals surface area contributed by atoms with E-state index in [-0.39, 0.29) is 75.5 Å². The number of benzene rings is 12. The van der Waals surface area contributed by atoms with Crippen molar-refractivity contribution >= 4 is 102 Å². The van der Waals surface area contributed by atoms with Crippen LogP contribution in [0.5, 0.6) is 11.5 Å². The van der Waals surface area contributed by atoms with Crippen molar-refractivity contribution in [2.24, 2.45) is 0 Å². The molecule has 0 saturated heterocycles. The van der Waals surface area contributed by atoms with Crippen LogP contribution < -0.4 is 47.3 Å². The maximum Gasteiger partial charge on any atom is 0.256 e. The van der Waals surface area contributed by atoms with Gasteiger partial charge in [0.15, 0.2) is 0 Å². The van der Waals surface area contributed by atoms with Crippen molar-refractivity contribution in [1.82, 2.24) is 4.57 Å². The highest BCUT2D eigenvalue weighted by Gasteiger charge is 2.51. The molecule has 0 bridgehead atoms. The van der Waals surface area contributed by atoms with E-state index in [0.717, 1.165) is 89.4 Å². The number of anilines is 6. The van der Waals surface area contributed by atoms with Crippen molar-refractivity contribution in [1.29, 1.82) is 0 Å². The van der Waals surface area contributed by atoms with Gasteiger partial charge in [0.25, 0.3) is 13.4 Å². The molecule has 5 heterocycles. The summed E-state index contributed by atoms with van der Waals surface area (Å²) in [6, 6.07) is 63.0. The number of nitrogens with zero attached hydrogens (tertiary/aromatic N) is 3. The Morgan fingerprint density at radius 3 is 1.34 bits per heavy atom. The summed E-state index contributed by atoms with van der Waals surface area (Å²) < 4.78 is 111. The Morgan fingerprint density at radius 2 is 0.809 bits per heavy atom. The first-order chi connectivity index (χ1) is 49.4. The number of rotatable bonds is 6. The van der Waals surface area contributed by atoms with E-state index >= 15 is 0 Å². The van der Waals surface area contributed by atoms with Gasteiger partial charge in [0.05, 0.1) is 36.3 Å². The summed E-state index contributed by atoms with van der Waals surface area (Å²) in [5.41, 5.74) is 17.3. The van der Waals surface area contributed by atoms with E-state index in [1.54, 1.807) is 0 Å². The standard InChI is InChI=1S/C88H77B2N3O/c1-85(2,3)58-44-45-68-73(50-58)92(80-64(54-30-17-13-18-31-54)46-59(86(4,5)6)47-65(80)55-32-19-14-20-33-55)74-51-61(88(10,11)12)52-75-78(74)89(68)71-53-76-79-84(94-77-43-28-26-40-69(77)90(79)70-41-29-39-63-62-38-25-27-42-72(62)91(76)82(63)70)83(71)93(75)81-66(56-34-21-15-22-35-56)48-60(87(7,8)9)49-67(81)57-36-23-16-24-37-57/h13-53H,1-12H3/i25D,27D,29D,38D,39D,41D,42D,44D,45D,50D. The molecule has 0 radical (unpaired) electrons. The fourth-order valence-electron chi connectivity index (χ4n) is 15.1. The van der Waals surface area contributed by atoms with E-state index in [1.165, 1.54) is 0 Å². The minimum atomic E-state index is -0.994. The van der Waals surface area contributed by atoms with Crippen LogP contribution in [0.4, 0.5) is 34.1 Å². The van der Waals surface area contributed by atoms with Crippen LogP contribution in [0.3, 0.4) is 0 Å². The van der Waals surface area contributed by atoms with Crippen LogP contribution in [0.15, 0.2) is 248 Å². The second kappa shape index (κ2) is 20.7. The van der Waals surface area contributed by atoms with E-state index in [1.807, 2.05) is 73.9 Å². The monoisotopic (exact) mass is 1220 g/mol. The zero-order valence-electron chi connectivity index (χ0n) is 65.3. The highest BCUT2D eigenvalue weighted by Crippen LogP contribution is 2.57. The van der Waals surface area contributed by atoms with Gasteiger partial charge < -0.3 is 19.1 Å². The first-order valence-corrected chi connectivity index (χ1v) is 32.9. The molecule has 12 aromatic carbocycles. The molecule has 0 atom stereocenters. The quantitative estimate of drug-likeness (QED) is 0.155. The maximum atomic E-state index is 11.3. The predicted octanol–water partition coefficient (Wildman–Crippen LogP) is 19.7. The lowest BCUT2D eigenvalue weighted by Crippen LogP contribution is -2.64. The van der Waals surface area contributed by atoms with Gasteiger partial charge in [-0.25, -0.2) is 0 Å². The Kier molecular flexibility index (Phi) is 10.5. The number of ether oxygens (including phenoxy) is 1. The van der Waals surface area contributed by atoms with Crippen LogP contribution in [-0.4, -0.2) is 18.0 Å². The molecular formula is C88H77B2N3O. The van der Waals surface area contributed by atoms with E-state index in [0.29, 0.717) is 67.0 Å². The first-order valence-electron chi connectivity index (χ1n) is 37.9. The van der Waals surface area contributed by atoms with Crippen molar-refractivity contribution in [2.75, 3.05) is 9.80 Å². The molecule has 0 N–H and O–H groups in total. The van der Waals surface area contributed by atoms with Gasteiger partial charge in [-0.1, -0.05) is 271 Å². The fraction of sp³-hybridized carbons (Fsp3) is 0.182. The predicted molar refractivity (Wildman–Crippen MR) is 403 cm³/mol. The lowest BCUT2D eigenvalue weighted by molar-refractivity contribution is 0.488. The number of hydrogen-bond acceptors (Lipinski definition) is 3. The van der Waals surface area contributed by atoms with Crippen LogP contribution in [0.25, 0.3) is 72.0 Å². The van der Waals surface area contributed by atoms with Gasteiger partial charge in [-0.15, -0.1) is 0 Å². The summed E-state index contributed by atoms with van der Waals surface area (Å²) in [4.78, 5) is 4.68. The van der Waals surface area contributed by atoms with Crippen molar-refractivity contribution in [3.05, 3.63) is 271 Å². The molecular weight excluding hydrogens is 1140 g/mol. The molecule has 0 amide bonds. The maximum absolute atomic E-state index is 11.3. The fourth-order valence-corrected chi connectivity index (χ4v) is 15.1. The third-order valence-electron chi connectivity index (χ3n) is 19.9. The SMILES string of the molecule is [2H]c1c([2H])c(C(C)(C)C)c([2H])c2c1B1c3cc4c5c(c3N(c3c(-c6ccccc6)cc(C(C)(C)C)cc3-c3ccccc3)c3cc(C(C)(C)C)cc(c31)N2c1c(-c2ccccc2)cc(C(C)(C)C)cc1-c1ccccc1)Oc1ccccc1B5c1c([2H])c([2H])c([2H])c2c3c([2H])c([2H])c([2H])c([2H])c3n-4c12. The van der Waals surface area contributed by atoms with E-state index in [2.05, 4.69) is 212 Å². The van der Waals surface area contributed by atoms with Crippen LogP contribution in [-0.2, 0) is 21.7 Å². The van der Waals surface area contributed by atoms with Crippen molar-refractivity contribution in [2.45, 2.75) is 105 Å². The topological polar surface area (TPSA) is 20.6 Å². The average Bonchev–Trinajstić information content (AvgIpc) is 1.18. The largest absolute Gasteiger partial charge is 0.456 e. The lowest BCUT2D eigenvalue weighted by atomic mass is 9.31. The second-order valence-corrected chi connectivity index (χ2v) is 30.1. The van der Waals surface area contributed by atoms with Gasteiger partial charge in [-0.2, -0.15) is 0 Å². The van der Waals surface area contributed by atoms with Crippen molar-refractivity contribution in [3.8, 4) is 61.7 Å². The molecule has 0 fully saturated rings. The second-order valence-electron chi connectivity index (χ2n) is 30.1. The highest BCUT2D eigenvalue weighted by molar-refractivity contribution is 7.02. The van der Waals surface area contributed by atoms with E-state index in [9.17, 15) is 13.7 Å². The molecule has 13 aromatic rings. The van der Waals surface area contributed by atoms with Gasteiger partial charge >= 0.3 is 0 Å². The Hall–Kier alpha value is -10.0. The summed E-state index contributed by atoms with van der Waals surface area (Å²) >= 11 is 0. The normalized spacial score (nSPS) is 15.2. The summed E-state index contributed by atoms with van der Waals surface area (Å²) in [6.07, 6.45) is 0. The van der Waals surface area contributed by atoms with Crippen LogP contribution in [0, 0.1) is 0 Å². The van der Waals surface area contributed by atoms with Crippen LogP contribution >= 0.6 is 0 Å². The average molecular weight is 1220 g/mol. The third kappa shape index (κ3) is 8.81. The molecule has 0 aliphatic carbocycles. The zero-order chi connectivity index (χ0) is 73.2. The Bertz CT molecular complexity index is 5770. The molecule has 0 spiro atoms. The Morgan fingerprint density at radius 1 is 0.351 bits per heavy atom. The number of aromatic nitrogens is 1. The van der Waals surface area contributed by atoms with Crippen LogP contribution in [0.2, 0.25) is 0 Å². The smallest absolute Gasteiger partial charge is 0.256 e. The third-order valence-corrected chi connectivity index (χ3v) is 19.9. The number of para-hydroxylation sites is 3. The van der Waals surface area contributed by atoms with Crippen molar-refractivity contribution in [3.63, 3.8) is 0 Å². The molecule has 94 heavy (non-hydrogen) atoms. The Labute approximate surface area is 569 Å². The molecule has 0 unspecified atom stereocenters. The lowest BCUT2D eigenvalue weighted by Gasteiger charge is -2.48. The van der Waals surface area contributed by atoms with Gasteiger partial charge in [0.1, 0.15) is 11.5 Å². The van der Waals surface area contributed by atoms with Crippen LogP contribution in [0.1, 0.15) is 119 Å². The van der Waals surface area contributed by atoms with Crippen molar-refractivity contribution < 1.29 is 18.4 Å². The van der Waals surface area contributed by atoms with E-state index in [4.69, 9.17) is 4.74 Å². The minimum Gasteiger partial charge on any atom is -0.456 e. The minimum absolute atomic E-state index is 0.0606. The first kappa shape index (κ1) is 47.8. The number of fused-ring (bicyclic) bond motifs is 12. The van der Waals surface area contributed by atoms with Gasteiger partial charge in [-0.3, -0.25) is 0 Å². The summed E-state index contributed by atoms with van der Waals surface area (Å²) in [7, 11) is 0. The molecule has 4 nitrogen and oxygen atoms in total. The molecule has 1 aromatic heterocycles. The summed E-state index contributed by atoms with van der Waals surface area (Å²) in [6.45, 7) is 24.3. The van der Waals surface area contributed by atoms with Gasteiger partial charge in [0.2, 0.25) is 0 Å². The molecule has 4 aliphatic heterocycles. The molecule has 4 aliphatic rings. The molecule has 456 valence electrons. The highest BCUT2D eigenvalue weighted by atomic mass is 16.5. The number of hydrogen-bond donors (Lipinski definition) is 0. The summed E-state index contributed by atoms with van der Waals surface area (Å²) in [5, 5.41) is 0.202. The van der Waals surface area contributed by atoms with Gasteiger partial charge in [-0.05, 0) is 160 Å². The van der Waals surface area contributed by atoms with Gasteiger partial charge in [0, 0.05) is 61.3 Å². The van der Waals surface area contributed by atoms with E-state index < -0.39 is 36.3 Å². The zero-order valence-corrected chi connectivity index (χ0v) is 55.3. The summed E-state index contributed by atoms with van der Waals surface area (Å²) in [5.74, 6) is 0.856. The molecule has 17 rings (SSSR count).